The number of fused-ring (bicyclic) bond motifs is 1. The molecule has 0 bridgehead atoms. The molecule has 0 radical (unpaired) electrons. The average Bonchev–Trinajstić information content (AvgIpc) is 3.03. The van der Waals surface area contributed by atoms with Gasteiger partial charge in [0.15, 0.2) is 17.7 Å². The van der Waals surface area contributed by atoms with Crippen LogP contribution in [-0.2, 0) is 11.3 Å². The van der Waals surface area contributed by atoms with Crippen molar-refractivity contribution in [3.63, 3.8) is 0 Å². The van der Waals surface area contributed by atoms with Gasteiger partial charge in [0.2, 0.25) is 6.41 Å². The van der Waals surface area contributed by atoms with Crippen LogP contribution < -0.4 is 16.0 Å². The van der Waals surface area contributed by atoms with Crippen LogP contribution in [0.1, 0.15) is 48.4 Å². The number of piperidine rings is 1. The first-order valence-corrected chi connectivity index (χ1v) is 13.7. The summed E-state index contributed by atoms with van der Waals surface area (Å²) in [5.74, 6) is -1.47. The van der Waals surface area contributed by atoms with E-state index in [0.29, 0.717) is 37.1 Å². The second kappa shape index (κ2) is 12.5. The number of alkyl halides is 2. The third-order valence-corrected chi connectivity index (χ3v) is 7.72. The highest BCUT2D eigenvalue weighted by Gasteiger charge is 2.26. The number of nitrogens with zero attached hydrogens (tertiary/aromatic N) is 4. The van der Waals surface area contributed by atoms with Crippen molar-refractivity contribution < 1.29 is 22.7 Å². The molecule has 1 saturated heterocycles. The Morgan fingerprint density at radius 3 is 2.50 bits per heavy atom. The van der Waals surface area contributed by atoms with Crippen molar-refractivity contribution >= 4 is 22.9 Å². The Labute approximate surface area is 239 Å². The van der Waals surface area contributed by atoms with Gasteiger partial charge < -0.3 is 9.64 Å². The van der Waals surface area contributed by atoms with Crippen molar-refractivity contribution in [1.82, 2.24) is 14.0 Å². The van der Waals surface area contributed by atoms with Crippen molar-refractivity contribution in [3.05, 3.63) is 91.9 Å². The number of amides is 1. The summed E-state index contributed by atoms with van der Waals surface area (Å²) in [5, 5.41) is 9.79. The van der Waals surface area contributed by atoms with E-state index in [4.69, 9.17) is 4.74 Å². The lowest BCUT2D eigenvalue weighted by Crippen LogP contribution is -2.44. The molecular weight excluding hydrogens is 549 g/mol. The van der Waals surface area contributed by atoms with E-state index in [1.807, 2.05) is 18.2 Å². The number of nitriles is 1. The van der Waals surface area contributed by atoms with Gasteiger partial charge in [-0.15, -0.1) is 0 Å². The summed E-state index contributed by atoms with van der Waals surface area (Å²) in [5.41, 5.74) is 1.21. The predicted molar refractivity (Wildman–Crippen MR) is 151 cm³/mol. The Morgan fingerprint density at radius 1 is 1.10 bits per heavy atom. The summed E-state index contributed by atoms with van der Waals surface area (Å²) in [4.78, 5) is 40.4. The molecule has 0 spiro atoms. The van der Waals surface area contributed by atoms with Crippen LogP contribution in [0, 0.1) is 17.1 Å². The highest BCUT2D eigenvalue weighted by Crippen LogP contribution is 2.29. The van der Waals surface area contributed by atoms with Crippen molar-refractivity contribution in [2.24, 2.45) is 0 Å². The molecule has 1 aliphatic heterocycles. The van der Waals surface area contributed by atoms with Crippen LogP contribution >= 0.6 is 0 Å². The highest BCUT2D eigenvalue weighted by molar-refractivity contribution is 5.80. The predicted octanol–water partition coefficient (Wildman–Crippen LogP) is 4.44. The molecule has 2 heterocycles. The van der Waals surface area contributed by atoms with Crippen LogP contribution in [0.3, 0.4) is 0 Å². The molecule has 1 amide bonds. The Bertz CT molecular complexity index is 1730. The van der Waals surface area contributed by atoms with E-state index < -0.39 is 48.3 Å². The number of benzene rings is 2. The fourth-order valence-corrected chi connectivity index (χ4v) is 5.52. The Kier molecular flexibility index (Phi) is 8.61. The van der Waals surface area contributed by atoms with Gasteiger partial charge in [0.25, 0.3) is 5.56 Å². The van der Waals surface area contributed by atoms with Gasteiger partial charge in [-0.2, -0.15) is 5.26 Å². The lowest BCUT2D eigenvalue weighted by Gasteiger charge is -2.31. The molecule has 11 heteroatoms. The van der Waals surface area contributed by atoms with Gasteiger partial charge in [0, 0.05) is 25.2 Å². The summed E-state index contributed by atoms with van der Waals surface area (Å²) in [6, 6.07) is 8.96. The van der Waals surface area contributed by atoms with Crippen molar-refractivity contribution in [2.75, 3.05) is 26.4 Å². The van der Waals surface area contributed by atoms with E-state index in [1.165, 1.54) is 4.57 Å². The van der Waals surface area contributed by atoms with Crippen molar-refractivity contribution in [1.29, 1.82) is 5.26 Å². The maximum absolute atomic E-state index is 15.1. The zero-order chi connectivity index (χ0) is 29.8. The standard InChI is InChI=1S/C31H29F3N4O4/c32-15-24(16-33)42-29-13-26-28(14-27(29)34)38(23-8-10-36(19-39)11-9-23)31(41)37(30(26)40)18-20-6-7-25(22(12-20)17-35)21-4-2-1-3-5-21/h2,4-7,12-14,19,23-24H,1,3,8-11,15-16,18H2. The summed E-state index contributed by atoms with van der Waals surface area (Å²) >= 11 is 0. The second-order valence-corrected chi connectivity index (χ2v) is 10.4. The third-order valence-electron chi connectivity index (χ3n) is 7.72. The molecule has 3 aromatic rings. The summed E-state index contributed by atoms with van der Waals surface area (Å²) < 4.78 is 48.9. The SMILES string of the molecule is N#Cc1cc(Cn2c(=O)c3cc(OC(CF)CF)c(F)cc3n(C3CCN(C=O)CC3)c2=O)ccc1C1=CCCC=C1. The van der Waals surface area contributed by atoms with E-state index in [9.17, 15) is 28.4 Å². The first-order chi connectivity index (χ1) is 20.4. The van der Waals surface area contributed by atoms with Crippen LogP contribution in [0.25, 0.3) is 16.5 Å². The highest BCUT2D eigenvalue weighted by atomic mass is 19.1. The number of hydrogen-bond donors (Lipinski definition) is 0. The normalized spacial score (nSPS) is 15.6. The average molecular weight is 579 g/mol. The topological polar surface area (TPSA) is 97.3 Å². The molecule has 8 nitrogen and oxygen atoms in total. The molecule has 5 rings (SSSR count). The smallest absolute Gasteiger partial charge is 0.332 e. The van der Waals surface area contributed by atoms with Crippen LogP contribution in [0.2, 0.25) is 0 Å². The molecular formula is C31H29F3N4O4. The molecule has 42 heavy (non-hydrogen) atoms. The van der Waals surface area contributed by atoms with Gasteiger partial charge in [0.1, 0.15) is 13.3 Å². The van der Waals surface area contributed by atoms with Crippen LogP contribution in [-0.4, -0.2) is 53.0 Å². The van der Waals surface area contributed by atoms with E-state index in [0.717, 1.165) is 47.1 Å². The van der Waals surface area contributed by atoms with Gasteiger partial charge in [-0.3, -0.25) is 18.7 Å². The fourth-order valence-electron chi connectivity index (χ4n) is 5.52. The number of aromatic nitrogens is 2. The molecule has 1 fully saturated rings. The maximum atomic E-state index is 15.1. The Balaban J connectivity index is 1.64. The summed E-state index contributed by atoms with van der Waals surface area (Å²) in [6.45, 7) is -1.82. The fraction of sp³-hybridized carbons (Fsp3) is 0.355. The number of allylic oxidation sites excluding steroid dienone is 4. The Hall–Kier alpha value is -4.59. The van der Waals surface area contributed by atoms with Crippen molar-refractivity contribution in [2.45, 2.75) is 44.4 Å². The number of hydrogen-bond acceptors (Lipinski definition) is 5. The van der Waals surface area contributed by atoms with Crippen LogP contribution in [0.15, 0.2) is 58.1 Å². The van der Waals surface area contributed by atoms with Crippen LogP contribution in [0.4, 0.5) is 13.2 Å². The van der Waals surface area contributed by atoms with Crippen LogP contribution in [0.5, 0.6) is 5.75 Å². The van der Waals surface area contributed by atoms with Gasteiger partial charge in [0.05, 0.1) is 29.1 Å². The van der Waals surface area contributed by atoms with Crippen molar-refractivity contribution in [3.8, 4) is 11.8 Å². The number of carbonyl (C=O) groups excluding carboxylic acids is 1. The molecule has 1 aromatic heterocycles. The zero-order valence-electron chi connectivity index (χ0n) is 22.8. The monoisotopic (exact) mass is 578 g/mol. The molecule has 0 N–H and O–H groups in total. The Morgan fingerprint density at radius 2 is 1.86 bits per heavy atom. The minimum atomic E-state index is -1.55. The lowest BCUT2D eigenvalue weighted by atomic mass is 9.94. The number of ether oxygens (including phenoxy) is 1. The van der Waals surface area contributed by atoms with Gasteiger partial charge >= 0.3 is 5.69 Å². The molecule has 0 saturated carbocycles. The van der Waals surface area contributed by atoms with E-state index in [-0.39, 0.29) is 17.4 Å². The van der Waals surface area contributed by atoms with E-state index in [1.54, 1.807) is 23.1 Å². The van der Waals surface area contributed by atoms with E-state index >= 15 is 4.39 Å². The van der Waals surface area contributed by atoms with Gasteiger partial charge in [-0.1, -0.05) is 30.4 Å². The van der Waals surface area contributed by atoms with E-state index in [2.05, 4.69) is 6.07 Å². The zero-order valence-corrected chi connectivity index (χ0v) is 22.8. The quantitative estimate of drug-likeness (QED) is 0.350. The number of rotatable bonds is 9. The first kappa shape index (κ1) is 28.9. The molecule has 2 aromatic carbocycles. The molecule has 1 aliphatic carbocycles. The van der Waals surface area contributed by atoms with Gasteiger partial charge in [-0.25, -0.2) is 18.0 Å². The summed E-state index contributed by atoms with van der Waals surface area (Å²) in [7, 11) is 0. The third kappa shape index (κ3) is 5.62. The number of likely N-dealkylation sites (tertiary alicyclic amines) is 1. The largest absolute Gasteiger partial charge is 0.482 e. The molecule has 218 valence electrons. The molecule has 2 aliphatic rings. The number of carbonyl (C=O) groups is 1. The minimum Gasteiger partial charge on any atom is -0.482 e. The first-order valence-electron chi connectivity index (χ1n) is 13.7. The number of halogens is 3. The second-order valence-electron chi connectivity index (χ2n) is 10.4. The maximum Gasteiger partial charge on any atom is 0.332 e. The summed E-state index contributed by atoms with van der Waals surface area (Å²) in [6.07, 6.45) is 7.79. The molecule has 0 unspecified atom stereocenters. The lowest BCUT2D eigenvalue weighted by molar-refractivity contribution is -0.119. The molecule has 0 atom stereocenters. The van der Waals surface area contributed by atoms with Gasteiger partial charge in [-0.05, 0) is 54.5 Å². The minimum absolute atomic E-state index is 0.0248.